The van der Waals surface area contributed by atoms with Gasteiger partial charge in [0.05, 0.1) is 11.6 Å². The molecule has 0 aliphatic heterocycles. The molecule has 2 nitrogen and oxygen atoms in total. The first-order chi connectivity index (χ1) is 9.10. The Hall–Kier alpha value is -0.520. The van der Waals surface area contributed by atoms with Gasteiger partial charge in [0.15, 0.2) is 0 Å². The molecule has 1 N–H and O–H groups in total. The number of ether oxygens (including phenoxy) is 1. The Morgan fingerprint density at radius 1 is 1.00 bits per heavy atom. The van der Waals surface area contributed by atoms with Gasteiger partial charge in [0.25, 0.3) is 0 Å². The van der Waals surface area contributed by atoms with Crippen LogP contribution in [0.3, 0.4) is 0 Å². The summed E-state index contributed by atoms with van der Waals surface area (Å²) in [6, 6.07) is 12.1. The number of benzene rings is 2. The van der Waals surface area contributed by atoms with Gasteiger partial charge < -0.3 is 10.1 Å². The second-order valence-electron chi connectivity index (χ2n) is 3.95. The van der Waals surface area contributed by atoms with Crippen molar-refractivity contribution in [3.63, 3.8) is 0 Å². The highest BCUT2D eigenvalue weighted by molar-refractivity contribution is 9.11. The van der Waals surface area contributed by atoms with E-state index in [0.717, 1.165) is 31.4 Å². The zero-order valence-electron chi connectivity index (χ0n) is 10.2. The number of rotatable bonds is 4. The lowest BCUT2D eigenvalue weighted by molar-refractivity contribution is 0.412. The van der Waals surface area contributed by atoms with E-state index in [1.807, 2.05) is 30.3 Å². The topological polar surface area (TPSA) is 21.3 Å². The van der Waals surface area contributed by atoms with Crippen LogP contribution in [0.4, 0.5) is 5.69 Å². The highest BCUT2D eigenvalue weighted by Gasteiger charge is 2.03. The van der Waals surface area contributed by atoms with Crippen LogP contribution >= 0.6 is 47.8 Å². The maximum absolute atomic E-state index is 5.22. The van der Waals surface area contributed by atoms with Gasteiger partial charge in [0.2, 0.25) is 0 Å². The van der Waals surface area contributed by atoms with Crippen LogP contribution in [0.15, 0.2) is 49.8 Å². The summed E-state index contributed by atoms with van der Waals surface area (Å²) >= 11 is 10.5. The molecule has 0 fully saturated rings. The molecule has 0 unspecified atom stereocenters. The molecule has 0 bridgehead atoms. The number of hydrogen-bond acceptors (Lipinski definition) is 2. The van der Waals surface area contributed by atoms with Crippen LogP contribution in [-0.4, -0.2) is 7.11 Å². The number of methoxy groups -OCH3 is 1. The number of halogens is 3. The Balaban J connectivity index is 2.10. The van der Waals surface area contributed by atoms with Crippen LogP contribution in [0.2, 0.25) is 0 Å². The Morgan fingerprint density at radius 2 is 1.79 bits per heavy atom. The van der Waals surface area contributed by atoms with Crippen molar-refractivity contribution >= 4 is 53.5 Å². The third-order valence-electron chi connectivity index (χ3n) is 2.63. The van der Waals surface area contributed by atoms with Crippen molar-refractivity contribution in [3.05, 3.63) is 55.4 Å². The molecule has 0 aliphatic rings. The lowest BCUT2D eigenvalue weighted by Crippen LogP contribution is -2.00. The number of hydrogen-bond donors (Lipinski definition) is 1. The molecule has 0 radical (unpaired) electrons. The molecular formula is C14H12Br3NO. The summed E-state index contributed by atoms with van der Waals surface area (Å²) in [6.45, 7) is 0.748. The van der Waals surface area contributed by atoms with Gasteiger partial charge in [-0.1, -0.05) is 22.0 Å². The van der Waals surface area contributed by atoms with E-state index in [0.29, 0.717) is 0 Å². The SMILES string of the molecule is COc1ccc(CNc2cc(Br)ccc2Br)cc1Br. The molecule has 0 heterocycles. The molecule has 5 heteroatoms. The van der Waals surface area contributed by atoms with Crippen LogP contribution in [0.25, 0.3) is 0 Å². The zero-order valence-corrected chi connectivity index (χ0v) is 15.0. The number of nitrogens with one attached hydrogen (secondary N) is 1. The summed E-state index contributed by atoms with van der Waals surface area (Å²) in [6.07, 6.45) is 0. The zero-order chi connectivity index (χ0) is 13.8. The molecule has 100 valence electrons. The summed E-state index contributed by atoms with van der Waals surface area (Å²) in [5, 5.41) is 3.40. The van der Waals surface area contributed by atoms with Gasteiger partial charge in [-0.05, 0) is 67.8 Å². The monoisotopic (exact) mass is 447 g/mol. The summed E-state index contributed by atoms with van der Waals surface area (Å²) in [5.74, 6) is 0.840. The maximum atomic E-state index is 5.22. The van der Waals surface area contributed by atoms with Crippen LogP contribution in [0.1, 0.15) is 5.56 Å². The van der Waals surface area contributed by atoms with E-state index in [2.05, 4.69) is 59.2 Å². The lowest BCUT2D eigenvalue weighted by Gasteiger charge is -2.10. The van der Waals surface area contributed by atoms with E-state index in [-0.39, 0.29) is 0 Å². The fourth-order valence-electron chi connectivity index (χ4n) is 1.65. The molecule has 0 atom stereocenters. The molecule has 0 aromatic heterocycles. The fourth-order valence-corrected chi connectivity index (χ4v) is 2.99. The minimum atomic E-state index is 0.748. The third-order valence-corrected chi connectivity index (χ3v) is 4.43. The first kappa shape index (κ1) is 14.9. The second-order valence-corrected chi connectivity index (χ2v) is 6.57. The van der Waals surface area contributed by atoms with Gasteiger partial charge in [-0.15, -0.1) is 0 Å². The van der Waals surface area contributed by atoms with E-state index in [1.165, 1.54) is 5.56 Å². The first-order valence-corrected chi connectivity index (χ1v) is 7.99. The molecule has 0 saturated heterocycles. The average molecular weight is 450 g/mol. The molecule has 2 rings (SSSR count). The van der Waals surface area contributed by atoms with Crippen LogP contribution in [-0.2, 0) is 6.54 Å². The average Bonchev–Trinajstić information content (AvgIpc) is 2.40. The van der Waals surface area contributed by atoms with Crippen molar-refractivity contribution in [2.75, 3.05) is 12.4 Å². The van der Waals surface area contributed by atoms with Crippen molar-refractivity contribution < 1.29 is 4.74 Å². The molecule has 2 aromatic rings. The molecule has 0 spiro atoms. The first-order valence-electron chi connectivity index (χ1n) is 5.61. The highest BCUT2D eigenvalue weighted by Crippen LogP contribution is 2.28. The Morgan fingerprint density at radius 3 is 2.47 bits per heavy atom. The van der Waals surface area contributed by atoms with Crippen molar-refractivity contribution in [3.8, 4) is 5.75 Å². The Bertz CT molecular complexity index is 587. The summed E-state index contributed by atoms with van der Waals surface area (Å²) < 4.78 is 8.27. The minimum absolute atomic E-state index is 0.748. The van der Waals surface area contributed by atoms with Crippen LogP contribution in [0.5, 0.6) is 5.75 Å². The van der Waals surface area contributed by atoms with Gasteiger partial charge in [0, 0.05) is 21.2 Å². The van der Waals surface area contributed by atoms with Gasteiger partial charge in [-0.3, -0.25) is 0 Å². The van der Waals surface area contributed by atoms with E-state index >= 15 is 0 Å². The molecule has 0 saturated carbocycles. The van der Waals surface area contributed by atoms with Gasteiger partial charge in [-0.2, -0.15) is 0 Å². The van der Waals surface area contributed by atoms with Gasteiger partial charge in [-0.25, -0.2) is 0 Å². The molecule has 19 heavy (non-hydrogen) atoms. The lowest BCUT2D eigenvalue weighted by atomic mass is 10.2. The third kappa shape index (κ3) is 3.97. The molecule has 2 aromatic carbocycles. The fraction of sp³-hybridized carbons (Fsp3) is 0.143. The van der Waals surface area contributed by atoms with E-state index < -0.39 is 0 Å². The van der Waals surface area contributed by atoms with E-state index in [1.54, 1.807) is 7.11 Å². The summed E-state index contributed by atoms with van der Waals surface area (Å²) in [7, 11) is 1.66. The van der Waals surface area contributed by atoms with Gasteiger partial charge >= 0.3 is 0 Å². The summed E-state index contributed by atoms with van der Waals surface area (Å²) in [4.78, 5) is 0. The summed E-state index contributed by atoms with van der Waals surface area (Å²) in [5.41, 5.74) is 2.24. The molecule has 0 amide bonds. The van der Waals surface area contributed by atoms with Crippen molar-refractivity contribution in [1.82, 2.24) is 0 Å². The predicted octanol–water partition coefficient (Wildman–Crippen LogP) is 5.59. The van der Waals surface area contributed by atoms with Crippen molar-refractivity contribution in [2.45, 2.75) is 6.54 Å². The number of anilines is 1. The predicted molar refractivity (Wildman–Crippen MR) is 89.9 cm³/mol. The molecule has 0 aliphatic carbocycles. The quantitative estimate of drug-likeness (QED) is 0.656. The Kier molecular flexibility index (Phi) is 5.30. The smallest absolute Gasteiger partial charge is 0.133 e. The largest absolute Gasteiger partial charge is 0.496 e. The van der Waals surface area contributed by atoms with E-state index in [4.69, 9.17) is 4.74 Å². The second kappa shape index (κ2) is 6.77. The standard InChI is InChI=1S/C14H12Br3NO/c1-19-14-5-2-9(6-12(14)17)8-18-13-7-10(15)3-4-11(13)16/h2-7,18H,8H2,1H3. The molecular weight excluding hydrogens is 438 g/mol. The maximum Gasteiger partial charge on any atom is 0.133 e. The normalized spacial score (nSPS) is 10.3. The van der Waals surface area contributed by atoms with Gasteiger partial charge in [0.1, 0.15) is 5.75 Å². The van der Waals surface area contributed by atoms with E-state index in [9.17, 15) is 0 Å². The van der Waals surface area contributed by atoms with Crippen LogP contribution < -0.4 is 10.1 Å². The Labute approximate surface area is 137 Å². The van der Waals surface area contributed by atoms with Crippen molar-refractivity contribution in [1.29, 1.82) is 0 Å². The van der Waals surface area contributed by atoms with Crippen LogP contribution in [0, 0.1) is 0 Å². The minimum Gasteiger partial charge on any atom is -0.496 e. The van der Waals surface area contributed by atoms with Crippen molar-refractivity contribution in [2.24, 2.45) is 0 Å². The highest BCUT2D eigenvalue weighted by atomic mass is 79.9.